The lowest BCUT2D eigenvalue weighted by Gasteiger charge is -2.68. The van der Waals surface area contributed by atoms with Gasteiger partial charge in [-0.3, -0.25) is 0 Å². The molecule has 1 heterocycles. The van der Waals surface area contributed by atoms with Gasteiger partial charge in [0, 0.05) is 29.9 Å². The molecule has 4 aliphatic carbocycles. The molecule has 8 heteroatoms. The summed E-state index contributed by atoms with van der Waals surface area (Å²) in [6, 6.07) is 0. The van der Waals surface area contributed by atoms with Gasteiger partial charge in [-0.15, -0.1) is 0 Å². The van der Waals surface area contributed by atoms with Gasteiger partial charge in [-0.05, 0) is 94.3 Å². The predicted octanol–water partition coefficient (Wildman–Crippen LogP) is 4.92. The molecule has 13 atom stereocenters. The quantitative estimate of drug-likeness (QED) is 0.188. The molecule has 0 amide bonds. The third kappa shape index (κ3) is 5.05. The Morgan fingerprint density at radius 2 is 1.77 bits per heavy atom. The SMILES string of the molecule is CO[C@H]1O[C@H](C(C)(O)CO)[C@H](O)C[C@H]1[C@@H]1CC=C2[C@]3(C)[C@H](O)C[C@H]4C(C)(C)[C@H](OC(=O)C=C(C)C)CC[C@]4(C)[C@H]3CC[C@]21C. The smallest absolute Gasteiger partial charge is 0.330 e. The van der Waals surface area contributed by atoms with Crippen LogP contribution in [-0.2, 0) is 19.0 Å². The monoisotopic (exact) mass is 618 g/mol. The summed E-state index contributed by atoms with van der Waals surface area (Å²) in [7, 11) is 1.60. The first-order chi connectivity index (χ1) is 20.4. The van der Waals surface area contributed by atoms with E-state index in [0.717, 1.165) is 37.7 Å². The molecule has 0 aromatic rings. The molecule has 0 bridgehead atoms. The van der Waals surface area contributed by atoms with Crippen LogP contribution in [0.15, 0.2) is 23.3 Å². The number of fused-ring (bicyclic) bond motifs is 5. The Hall–Kier alpha value is -1.29. The minimum atomic E-state index is -1.58. The molecule has 250 valence electrons. The maximum atomic E-state index is 12.6. The van der Waals surface area contributed by atoms with Crippen LogP contribution in [-0.4, -0.2) is 76.4 Å². The molecule has 0 aromatic carbocycles. The molecule has 1 unspecified atom stereocenters. The second-order valence-electron chi connectivity index (χ2n) is 16.7. The van der Waals surface area contributed by atoms with Gasteiger partial charge in [0.25, 0.3) is 0 Å². The fourth-order valence-electron chi connectivity index (χ4n) is 11.3. The van der Waals surface area contributed by atoms with Crippen molar-refractivity contribution in [3.63, 3.8) is 0 Å². The molecule has 1 aliphatic heterocycles. The molecular formula is C36H58O8. The molecule has 5 rings (SSSR count). The summed E-state index contributed by atoms with van der Waals surface area (Å²) < 4.78 is 18.1. The molecular weight excluding hydrogens is 560 g/mol. The maximum Gasteiger partial charge on any atom is 0.330 e. The lowest BCUT2D eigenvalue weighted by Crippen LogP contribution is -2.66. The van der Waals surface area contributed by atoms with Crippen LogP contribution in [0.25, 0.3) is 0 Å². The zero-order chi connectivity index (χ0) is 32.6. The van der Waals surface area contributed by atoms with E-state index in [1.807, 2.05) is 13.8 Å². The third-order valence-electron chi connectivity index (χ3n) is 13.5. The minimum Gasteiger partial charge on any atom is -0.459 e. The number of carbonyl (C=O) groups is 1. The molecule has 4 N–H and O–H groups in total. The number of hydrogen-bond donors (Lipinski definition) is 4. The van der Waals surface area contributed by atoms with Crippen LogP contribution in [0.1, 0.15) is 100 Å². The average Bonchev–Trinajstić information content (AvgIpc) is 3.29. The summed E-state index contributed by atoms with van der Waals surface area (Å²) in [5.74, 6) is 0.259. The Labute approximate surface area is 264 Å². The fraction of sp³-hybridized carbons (Fsp3) is 0.861. The van der Waals surface area contributed by atoms with Crippen molar-refractivity contribution in [2.75, 3.05) is 13.7 Å². The summed E-state index contributed by atoms with van der Waals surface area (Å²) in [5, 5.41) is 43.8. The highest BCUT2D eigenvalue weighted by molar-refractivity contribution is 5.82. The number of esters is 1. The molecule has 8 nitrogen and oxygen atoms in total. The molecule has 3 saturated carbocycles. The van der Waals surface area contributed by atoms with E-state index < -0.39 is 42.2 Å². The maximum absolute atomic E-state index is 12.6. The Morgan fingerprint density at radius 1 is 1.09 bits per heavy atom. The molecule has 5 aliphatic rings. The number of methoxy groups -OCH3 is 1. The van der Waals surface area contributed by atoms with Crippen LogP contribution in [0.3, 0.4) is 0 Å². The zero-order valence-corrected chi connectivity index (χ0v) is 28.4. The van der Waals surface area contributed by atoms with Crippen LogP contribution in [0.5, 0.6) is 0 Å². The van der Waals surface area contributed by atoms with Crippen molar-refractivity contribution in [2.45, 2.75) is 137 Å². The van der Waals surface area contributed by atoms with E-state index >= 15 is 0 Å². The Morgan fingerprint density at radius 3 is 2.39 bits per heavy atom. The number of carbonyl (C=O) groups excluding carboxylic acids is 1. The van der Waals surface area contributed by atoms with Crippen molar-refractivity contribution in [3.8, 4) is 0 Å². The molecule has 0 spiro atoms. The summed E-state index contributed by atoms with van der Waals surface area (Å²) >= 11 is 0. The van der Waals surface area contributed by atoms with Crippen LogP contribution in [0.2, 0.25) is 0 Å². The highest BCUT2D eigenvalue weighted by atomic mass is 16.7. The van der Waals surface area contributed by atoms with E-state index in [1.54, 1.807) is 13.2 Å². The Bertz CT molecular complexity index is 1170. The molecule has 1 saturated heterocycles. The second kappa shape index (κ2) is 11.4. The number of allylic oxidation sites excluding steroid dienone is 2. The van der Waals surface area contributed by atoms with Gasteiger partial charge >= 0.3 is 5.97 Å². The Balaban J connectivity index is 1.41. The van der Waals surface area contributed by atoms with E-state index in [0.29, 0.717) is 12.8 Å². The second-order valence-corrected chi connectivity index (χ2v) is 16.7. The van der Waals surface area contributed by atoms with E-state index in [1.165, 1.54) is 12.5 Å². The van der Waals surface area contributed by atoms with E-state index in [9.17, 15) is 25.2 Å². The predicted molar refractivity (Wildman–Crippen MR) is 167 cm³/mol. The fourth-order valence-corrected chi connectivity index (χ4v) is 11.3. The van der Waals surface area contributed by atoms with E-state index in [-0.39, 0.29) is 52.0 Å². The van der Waals surface area contributed by atoms with Gasteiger partial charge in [-0.25, -0.2) is 4.79 Å². The van der Waals surface area contributed by atoms with Gasteiger partial charge in [0.2, 0.25) is 0 Å². The lowest BCUT2D eigenvalue weighted by molar-refractivity contribution is -0.291. The third-order valence-corrected chi connectivity index (χ3v) is 13.5. The summed E-state index contributed by atoms with van der Waals surface area (Å²) in [4.78, 5) is 12.6. The van der Waals surface area contributed by atoms with Crippen molar-refractivity contribution in [1.29, 1.82) is 0 Å². The van der Waals surface area contributed by atoms with Gasteiger partial charge in [0.15, 0.2) is 6.29 Å². The average molecular weight is 619 g/mol. The topological polar surface area (TPSA) is 126 Å². The van der Waals surface area contributed by atoms with Crippen LogP contribution >= 0.6 is 0 Å². The summed E-state index contributed by atoms with van der Waals surface area (Å²) in [6.07, 6.45) is 6.33. The first-order valence-electron chi connectivity index (χ1n) is 16.8. The van der Waals surface area contributed by atoms with Crippen molar-refractivity contribution in [1.82, 2.24) is 0 Å². The minimum absolute atomic E-state index is 0.0144. The highest BCUT2D eigenvalue weighted by Gasteiger charge is 2.69. The Kier molecular flexibility index (Phi) is 8.86. The highest BCUT2D eigenvalue weighted by Crippen LogP contribution is 2.73. The number of aliphatic hydroxyl groups is 4. The van der Waals surface area contributed by atoms with Crippen molar-refractivity contribution in [2.24, 2.45) is 45.3 Å². The summed E-state index contributed by atoms with van der Waals surface area (Å²) in [6.45, 7) is 16.3. The molecule has 4 fully saturated rings. The van der Waals surface area contributed by atoms with Gasteiger partial charge in [-0.1, -0.05) is 51.8 Å². The first-order valence-corrected chi connectivity index (χ1v) is 16.8. The standard InChI is InChI=1S/C36H58O8/c1-20(2)16-29(40)43-28-13-15-34(6)25-12-14-33(5)22(21-17-23(38)30(35(7,41)19-37)44-31(21)42-9)10-11-24(33)36(25,8)27(39)18-26(34)32(28,3)4/h11,16,21-23,25-28,30-31,37-39,41H,10,12-15,17-19H2,1-9H3/t21-,22-,23+,25+,26-,27+,28+,30-,31-,33-,34+,35?,36-/m0/s1. The van der Waals surface area contributed by atoms with Crippen LogP contribution < -0.4 is 0 Å². The van der Waals surface area contributed by atoms with E-state index in [4.69, 9.17) is 14.2 Å². The van der Waals surface area contributed by atoms with Crippen molar-refractivity contribution in [3.05, 3.63) is 23.3 Å². The van der Waals surface area contributed by atoms with Crippen LogP contribution in [0.4, 0.5) is 0 Å². The van der Waals surface area contributed by atoms with E-state index in [2.05, 4.69) is 40.7 Å². The number of ether oxygens (including phenoxy) is 3. The normalized spacial score (nSPS) is 47.8. The van der Waals surface area contributed by atoms with Gasteiger partial charge < -0.3 is 34.6 Å². The summed E-state index contributed by atoms with van der Waals surface area (Å²) in [5.41, 5.74) is -0.199. The van der Waals surface area contributed by atoms with Gasteiger partial charge in [-0.2, -0.15) is 0 Å². The number of hydrogen-bond acceptors (Lipinski definition) is 8. The number of aliphatic hydroxyl groups excluding tert-OH is 3. The van der Waals surface area contributed by atoms with Gasteiger partial charge in [0.05, 0.1) is 18.8 Å². The first kappa shape index (κ1) is 34.1. The largest absolute Gasteiger partial charge is 0.459 e. The lowest BCUT2D eigenvalue weighted by atomic mass is 9.37. The van der Waals surface area contributed by atoms with Crippen molar-refractivity contribution < 1.29 is 39.4 Å². The van der Waals surface area contributed by atoms with Crippen LogP contribution in [0, 0.1) is 45.3 Å². The van der Waals surface area contributed by atoms with Gasteiger partial charge in [0.1, 0.15) is 17.8 Å². The molecule has 0 aromatic heterocycles. The van der Waals surface area contributed by atoms with Crippen molar-refractivity contribution >= 4 is 5.97 Å². The molecule has 0 radical (unpaired) electrons. The zero-order valence-electron chi connectivity index (χ0n) is 28.4. The molecule has 44 heavy (non-hydrogen) atoms. The number of rotatable bonds is 6.